The van der Waals surface area contributed by atoms with E-state index in [0.717, 1.165) is 24.2 Å². The van der Waals surface area contributed by atoms with Gasteiger partial charge in [0.2, 0.25) is 0 Å². The summed E-state index contributed by atoms with van der Waals surface area (Å²) in [6, 6.07) is 7.77. The molecule has 1 aliphatic rings. The van der Waals surface area contributed by atoms with Crippen LogP contribution in [0.25, 0.3) is 0 Å². The summed E-state index contributed by atoms with van der Waals surface area (Å²) in [6.45, 7) is 3.92. The molecule has 0 amide bonds. The lowest BCUT2D eigenvalue weighted by molar-refractivity contribution is 0.586. The second kappa shape index (κ2) is 6.85. The van der Waals surface area contributed by atoms with Crippen LogP contribution in [0.4, 0.5) is 0 Å². The Labute approximate surface area is 126 Å². The van der Waals surface area contributed by atoms with Gasteiger partial charge in [-0.2, -0.15) is 0 Å². The highest BCUT2D eigenvalue weighted by molar-refractivity contribution is 7.91. The van der Waals surface area contributed by atoms with Crippen molar-refractivity contribution < 1.29 is 8.42 Å². The maximum atomic E-state index is 11.9. The largest absolute Gasteiger partial charge is 0.335 e. The molecule has 21 heavy (non-hydrogen) atoms. The minimum Gasteiger partial charge on any atom is -0.335 e. The van der Waals surface area contributed by atoms with Crippen molar-refractivity contribution in [2.75, 3.05) is 6.67 Å². The lowest BCUT2D eigenvalue weighted by atomic mass is 10.1. The second-order valence-electron chi connectivity index (χ2n) is 5.37. The number of aryl methyl sites for hydroxylation is 1. The number of aliphatic imine (C=N–C) groups is 2. The lowest BCUT2D eigenvalue weighted by Gasteiger charge is -2.10. The molecule has 0 bridgehead atoms. The van der Waals surface area contributed by atoms with Gasteiger partial charge in [-0.15, -0.1) is 0 Å². The molecular weight excluding hydrogens is 286 g/mol. The summed E-state index contributed by atoms with van der Waals surface area (Å²) in [5.74, 6) is 1.05. The fraction of sp³-hybridized carbons (Fsp3) is 0.467. The highest BCUT2D eigenvalue weighted by Gasteiger charge is 2.16. The highest BCUT2D eigenvalue weighted by Crippen LogP contribution is 2.13. The van der Waals surface area contributed by atoms with Crippen LogP contribution in [0.5, 0.6) is 0 Å². The molecule has 114 valence electrons. The molecule has 0 spiro atoms. The van der Waals surface area contributed by atoms with Crippen LogP contribution in [0.15, 0.2) is 34.3 Å². The molecule has 0 radical (unpaired) electrons. The van der Waals surface area contributed by atoms with Gasteiger partial charge in [0.15, 0.2) is 9.84 Å². The van der Waals surface area contributed by atoms with E-state index in [4.69, 9.17) is 0 Å². The van der Waals surface area contributed by atoms with E-state index in [9.17, 15) is 8.42 Å². The Hall–Kier alpha value is -1.69. The molecule has 0 unspecified atom stereocenters. The zero-order valence-corrected chi connectivity index (χ0v) is 13.2. The monoisotopic (exact) mass is 307 g/mol. The Kier molecular flexibility index (Phi) is 5.12. The van der Waals surface area contributed by atoms with Gasteiger partial charge in [0, 0.05) is 6.42 Å². The Morgan fingerprint density at radius 1 is 1.14 bits per heavy atom. The molecule has 0 aliphatic carbocycles. The van der Waals surface area contributed by atoms with Crippen molar-refractivity contribution in [3.8, 4) is 0 Å². The molecular formula is C15H21N3O2S. The van der Waals surface area contributed by atoms with E-state index in [0.29, 0.717) is 6.67 Å². The van der Waals surface area contributed by atoms with Gasteiger partial charge in [0.25, 0.3) is 0 Å². The fourth-order valence-electron chi connectivity index (χ4n) is 1.95. The summed E-state index contributed by atoms with van der Waals surface area (Å²) in [5.41, 5.74) is 2.01. The number of benzene rings is 1. The zero-order chi connectivity index (χ0) is 15.3. The lowest BCUT2D eigenvalue weighted by Crippen LogP contribution is -2.25. The Balaban J connectivity index is 1.91. The highest BCUT2D eigenvalue weighted by atomic mass is 32.2. The number of nitrogens with zero attached hydrogens (tertiary/aromatic N) is 2. The van der Waals surface area contributed by atoms with Gasteiger partial charge >= 0.3 is 0 Å². The van der Waals surface area contributed by atoms with Gasteiger partial charge in [-0.3, -0.25) is 4.99 Å². The van der Waals surface area contributed by atoms with Crippen LogP contribution in [0.2, 0.25) is 0 Å². The Morgan fingerprint density at radius 2 is 1.81 bits per heavy atom. The maximum absolute atomic E-state index is 11.9. The van der Waals surface area contributed by atoms with Crippen LogP contribution >= 0.6 is 0 Å². The molecule has 1 aromatic rings. The van der Waals surface area contributed by atoms with E-state index >= 15 is 0 Å². The Bertz CT molecular complexity index is 631. The van der Waals surface area contributed by atoms with Crippen molar-refractivity contribution in [3.63, 3.8) is 0 Å². The van der Waals surface area contributed by atoms with Crippen LogP contribution in [0.3, 0.4) is 0 Å². The van der Waals surface area contributed by atoms with E-state index in [2.05, 4.69) is 15.3 Å². The molecule has 6 heteroatoms. The minimum atomic E-state index is -3.04. The van der Waals surface area contributed by atoms with Gasteiger partial charge in [0.05, 0.1) is 17.3 Å². The van der Waals surface area contributed by atoms with Gasteiger partial charge < -0.3 is 5.32 Å². The molecule has 5 nitrogen and oxygen atoms in total. The van der Waals surface area contributed by atoms with Gasteiger partial charge in [-0.1, -0.05) is 24.3 Å². The quantitative estimate of drug-likeness (QED) is 0.873. The van der Waals surface area contributed by atoms with Crippen molar-refractivity contribution in [2.45, 2.75) is 37.7 Å². The second-order valence-corrected chi connectivity index (χ2v) is 7.93. The first-order chi connectivity index (χ1) is 9.97. The van der Waals surface area contributed by atoms with Crippen LogP contribution in [-0.4, -0.2) is 32.5 Å². The van der Waals surface area contributed by atoms with Gasteiger partial charge in [-0.05, 0) is 31.4 Å². The number of amidine groups is 1. The first-order valence-electron chi connectivity index (χ1n) is 7.05. The average Bonchev–Trinajstić information content (AvgIpc) is 2.47. The summed E-state index contributed by atoms with van der Waals surface area (Å²) in [5, 5.41) is 2.68. The van der Waals surface area contributed by atoms with Crippen molar-refractivity contribution in [1.82, 2.24) is 5.32 Å². The summed E-state index contributed by atoms with van der Waals surface area (Å²) >= 11 is 0. The molecule has 1 aromatic carbocycles. The number of hydrogen-bond acceptors (Lipinski definition) is 5. The first-order valence-corrected chi connectivity index (χ1v) is 8.76. The first kappa shape index (κ1) is 15.7. The van der Waals surface area contributed by atoms with Gasteiger partial charge in [-0.25, -0.2) is 13.4 Å². The number of rotatable bonds is 6. The van der Waals surface area contributed by atoms with E-state index < -0.39 is 9.84 Å². The van der Waals surface area contributed by atoms with E-state index in [1.807, 2.05) is 24.3 Å². The van der Waals surface area contributed by atoms with Crippen LogP contribution in [0.1, 0.15) is 31.4 Å². The van der Waals surface area contributed by atoms with E-state index in [-0.39, 0.29) is 11.0 Å². The molecule has 1 heterocycles. The fourth-order valence-corrected chi connectivity index (χ4v) is 2.94. The zero-order valence-electron chi connectivity index (χ0n) is 12.4. The van der Waals surface area contributed by atoms with Crippen LogP contribution < -0.4 is 5.32 Å². The summed E-state index contributed by atoms with van der Waals surface area (Å²) < 4.78 is 23.8. The Morgan fingerprint density at radius 3 is 2.38 bits per heavy atom. The van der Waals surface area contributed by atoms with Crippen molar-refractivity contribution in [2.24, 2.45) is 9.98 Å². The molecule has 0 saturated heterocycles. The summed E-state index contributed by atoms with van der Waals surface area (Å²) in [7, 11) is -3.04. The van der Waals surface area contributed by atoms with Crippen LogP contribution in [-0.2, 0) is 22.0 Å². The molecule has 1 N–H and O–H groups in total. The third-order valence-electron chi connectivity index (χ3n) is 3.43. The van der Waals surface area contributed by atoms with Gasteiger partial charge in [0.1, 0.15) is 12.5 Å². The number of nitrogens with one attached hydrogen (secondary N) is 1. The predicted molar refractivity (Wildman–Crippen MR) is 86.5 cm³/mol. The molecule has 0 fully saturated rings. The van der Waals surface area contributed by atoms with Crippen molar-refractivity contribution in [1.29, 1.82) is 0 Å². The third-order valence-corrected chi connectivity index (χ3v) is 5.60. The third kappa shape index (κ3) is 4.67. The van der Waals surface area contributed by atoms with Crippen molar-refractivity contribution >= 4 is 22.0 Å². The smallest absolute Gasteiger partial charge is 0.156 e. The van der Waals surface area contributed by atoms with Crippen LogP contribution in [0, 0.1) is 0 Å². The SMILES string of the molecule is CC(C)S(=O)(=O)Cc1ccc(CCC2=NCN=CN2)cc1. The normalized spacial score (nSPS) is 14.9. The molecule has 0 atom stereocenters. The maximum Gasteiger partial charge on any atom is 0.156 e. The molecule has 1 aliphatic heterocycles. The number of sulfone groups is 1. The molecule has 0 aromatic heterocycles. The standard InChI is InChI=1S/C15H21N3O2S/c1-12(2)21(19,20)9-14-5-3-13(4-6-14)7-8-15-17-10-16-11-18-15/h3-6,10,12H,7-9,11H2,1-2H3,(H,16,17,18). The predicted octanol–water partition coefficient (Wildman–Crippen LogP) is 1.93. The number of hydrogen-bond donors (Lipinski definition) is 1. The molecule has 2 rings (SSSR count). The summed E-state index contributed by atoms with van der Waals surface area (Å²) in [6.07, 6.45) is 3.37. The summed E-state index contributed by atoms with van der Waals surface area (Å²) in [4.78, 5) is 8.22. The molecule has 0 saturated carbocycles. The van der Waals surface area contributed by atoms with E-state index in [1.165, 1.54) is 5.56 Å². The van der Waals surface area contributed by atoms with Crippen molar-refractivity contribution in [3.05, 3.63) is 35.4 Å². The van der Waals surface area contributed by atoms with E-state index in [1.54, 1.807) is 20.2 Å². The minimum absolute atomic E-state index is 0.107. The topological polar surface area (TPSA) is 70.9 Å². The average molecular weight is 307 g/mol.